The number of ether oxygens (including phenoxy) is 1. The van der Waals surface area contributed by atoms with Crippen molar-refractivity contribution in [2.24, 2.45) is 0 Å². The molecule has 2 rings (SSSR count). The number of carbonyl (C=O) groups is 1. The Morgan fingerprint density at radius 1 is 1.22 bits per heavy atom. The molecule has 94 valence electrons. The Bertz CT molecular complexity index is 540. The quantitative estimate of drug-likeness (QED) is 0.785. The summed E-state index contributed by atoms with van der Waals surface area (Å²) in [5, 5.41) is 0.113. The third kappa shape index (κ3) is 2.74. The van der Waals surface area contributed by atoms with Crippen LogP contribution in [0, 0.1) is 0 Å². The fraction of sp³-hybridized carbons (Fsp3) is 0.214. The van der Waals surface area contributed by atoms with Gasteiger partial charge in [-0.2, -0.15) is 0 Å². The maximum atomic E-state index is 12.1. The summed E-state index contributed by atoms with van der Waals surface area (Å²) in [6.07, 6.45) is 1.50. The summed E-state index contributed by atoms with van der Waals surface area (Å²) in [6.45, 7) is 3.90. The van der Waals surface area contributed by atoms with Crippen molar-refractivity contribution >= 4 is 17.4 Å². The summed E-state index contributed by atoms with van der Waals surface area (Å²) in [5.41, 5.74) is 0.920. The Kier molecular flexibility index (Phi) is 3.72. The first-order valence-corrected chi connectivity index (χ1v) is 6.00. The SMILES string of the molecule is CC(C)Oc1ccc(C(=O)c2ccoc2Cl)cc1. The van der Waals surface area contributed by atoms with Crippen LogP contribution in [0.2, 0.25) is 5.22 Å². The van der Waals surface area contributed by atoms with Crippen molar-refractivity contribution in [3.8, 4) is 5.75 Å². The van der Waals surface area contributed by atoms with Crippen LogP contribution >= 0.6 is 11.6 Å². The van der Waals surface area contributed by atoms with E-state index < -0.39 is 0 Å². The summed E-state index contributed by atoms with van der Waals surface area (Å²) < 4.78 is 10.4. The summed E-state index contributed by atoms with van der Waals surface area (Å²) in [7, 11) is 0. The van der Waals surface area contributed by atoms with E-state index in [1.54, 1.807) is 30.3 Å². The smallest absolute Gasteiger partial charge is 0.204 e. The second-order valence-electron chi connectivity index (χ2n) is 4.13. The molecular weight excluding hydrogens is 252 g/mol. The van der Waals surface area contributed by atoms with Crippen molar-refractivity contribution in [2.75, 3.05) is 0 Å². The lowest BCUT2D eigenvalue weighted by Gasteiger charge is -2.09. The summed E-state index contributed by atoms with van der Waals surface area (Å²) in [4.78, 5) is 12.1. The van der Waals surface area contributed by atoms with Gasteiger partial charge in [0.1, 0.15) is 5.75 Å². The van der Waals surface area contributed by atoms with Gasteiger partial charge in [-0.15, -0.1) is 0 Å². The van der Waals surface area contributed by atoms with Crippen LogP contribution in [0.15, 0.2) is 41.0 Å². The molecule has 0 spiro atoms. The van der Waals surface area contributed by atoms with Gasteiger partial charge in [-0.1, -0.05) is 0 Å². The molecular formula is C14H13ClO3. The van der Waals surface area contributed by atoms with Gasteiger partial charge in [-0.05, 0) is 55.8 Å². The second-order valence-corrected chi connectivity index (χ2v) is 4.47. The minimum Gasteiger partial charge on any atom is -0.491 e. The second kappa shape index (κ2) is 5.27. The maximum Gasteiger partial charge on any atom is 0.204 e. The van der Waals surface area contributed by atoms with Gasteiger partial charge in [0.05, 0.1) is 17.9 Å². The normalized spacial score (nSPS) is 10.7. The van der Waals surface area contributed by atoms with Crippen molar-refractivity contribution in [3.63, 3.8) is 0 Å². The van der Waals surface area contributed by atoms with Gasteiger partial charge in [0.25, 0.3) is 0 Å². The van der Waals surface area contributed by atoms with Crippen molar-refractivity contribution in [3.05, 3.63) is 52.9 Å². The highest BCUT2D eigenvalue weighted by Crippen LogP contribution is 2.22. The molecule has 0 atom stereocenters. The third-order valence-corrected chi connectivity index (χ3v) is 2.64. The number of carbonyl (C=O) groups excluding carboxylic acids is 1. The molecule has 0 radical (unpaired) electrons. The molecule has 0 aliphatic rings. The van der Waals surface area contributed by atoms with E-state index in [4.69, 9.17) is 20.8 Å². The van der Waals surface area contributed by atoms with Crippen LogP contribution in [0.4, 0.5) is 0 Å². The van der Waals surface area contributed by atoms with Crippen LogP contribution in [0.5, 0.6) is 5.75 Å². The standard InChI is InChI=1S/C14H13ClO3/c1-9(2)18-11-5-3-10(4-6-11)13(16)12-7-8-17-14(12)15/h3-9H,1-2H3. The molecule has 0 aliphatic heterocycles. The highest BCUT2D eigenvalue weighted by atomic mass is 35.5. The van der Waals surface area contributed by atoms with Gasteiger partial charge in [0.2, 0.25) is 5.22 Å². The van der Waals surface area contributed by atoms with Crippen molar-refractivity contribution < 1.29 is 13.9 Å². The number of benzene rings is 1. The lowest BCUT2D eigenvalue weighted by Crippen LogP contribution is -2.06. The highest BCUT2D eigenvalue weighted by Gasteiger charge is 2.15. The largest absolute Gasteiger partial charge is 0.491 e. The molecule has 0 unspecified atom stereocenters. The molecule has 1 aromatic carbocycles. The summed E-state index contributed by atoms with van der Waals surface area (Å²) >= 11 is 5.77. The molecule has 3 nitrogen and oxygen atoms in total. The lowest BCUT2D eigenvalue weighted by atomic mass is 10.1. The van der Waals surface area contributed by atoms with Crippen LogP contribution in [-0.2, 0) is 0 Å². The lowest BCUT2D eigenvalue weighted by molar-refractivity contribution is 0.103. The molecule has 1 aromatic heterocycles. The zero-order valence-corrected chi connectivity index (χ0v) is 10.9. The Morgan fingerprint density at radius 2 is 1.89 bits per heavy atom. The topological polar surface area (TPSA) is 39.4 Å². The van der Waals surface area contributed by atoms with Crippen molar-refractivity contribution in [2.45, 2.75) is 20.0 Å². The third-order valence-electron chi connectivity index (χ3n) is 2.35. The predicted molar refractivity (Wildman–Crippen MR) is 69.4 cm³/mol. The van der Waals surface area contributed by atoms with Gasteiger partial charge >= 0.3 is 0 Å². The molecule has 4 heteroatoms. The number of hydrogen-bond donors (Lipinski definition) is 0. The van der Waals surface area contributed by atoms with Crippen LogP contribution in [0.25, 0.3) is 0 Å². The maximum absolute atomic E-state index is 12.1. The first-order chi connectivity index (χ1) is 8.58. The summed E-state index contributed by atoms with van der Waals surface area (Å²) in [6, 6.07) is 8.51. The molecule has 1 heterocycles. The number of hydrogen-bond acceptors (Lipinski definition) is 3. The Hall–Kier alpha value is -1.74. The molecule has 0 amide bonds. The average molecular weight is 265 g/mol. The number of rotatable bonds is 4. The fourth-order valence-electron chi connectivity index (χ4n) is 1.57. The van der Waals surface area contributed by atoms with Crippen molar-refractivity contribution in [1.82, 2.24) is 0 Å². The predicted octanol–water partition coefficient (Wildman–Crippen LogP) is 3.95. The van der Waals surface area contributed by atoms with Gasteiger partial charge in [-0.3, -0.25) is 4.79 Å². The van der Waals surface area contributed by atoms with Gasteiger partial charge in [0.15, 0.2) is 5.78 Å². The van der Waals surface area contributed by atoms with E-state index in [2.05, 4.69) is 0 Å². The molecule has 18 heavy (non-hydrogen) atoms. The molecule has 0 fully saturated rings. The molecule has 0 bridgehead atoms. The van der Waals surface area contributed by atoms with Crippen LogP contribution in [-0.4, -0.2) is 11.9 Å². The Morgan fingerprint density at radius 3 is 2.39 bits per heavy atom. The zero-order valence-electron chi connectivity index (χ0n) is 10.1. The van der Waals surface area contributed by atoms with E-state index in [0.717, 1.165) is 5.75 Å². The van der Waals surface area contributed by atoms with Crippen molar-refractivity contribution in [1.29, 1.82) is 0 Å². The first kappa shape index (κ1) is 12.7. The van der Waals surface area contributed by atoms with Gasteiger partial charge in [0, 0.05) is 5.56 Å². The van der Waals surface area contributed by atoms with Gasteiger partial charge < -0.3 is 9.15 Å². The van der Waals surface area contributed by atoms with Crippen LogP contribution < -0.4 is 4.74 Å². The molecule has 0 aliphatic carbocycles. The number of furan rings is 1. The van der Waals surface area contributed by atoms with Gasteiger partial charge in [-0.25, -0.2) is 0 Å². The van der Waals surface area contributed by atoms with E-state index >= 15 is 0 Å². The van der Waals surface area contributed by atoms with E-state index in [-0.39, 0.29) is 17.1 Å². The first-order valence-electron chi connectivity index (χ1n) is 5.62. The van der Waals surface area contributed by atoms with Crippen LogP contribution in [0.3, 0.4) is 0 Å². The Balaban J connectivity index is 2.20. The monoisotopic (exact) mass is 264 g/mol. The van der Waals surface area contributed by atoms with E-state index in [1.807, 2.05) is 13.8 Å². The van der Waals surface area contributed by atoms with E-state index in [9.17, 15) is 4.79 Å². The molecule has 0 saturated carbocycles. The highest BCUT2D eigenvalue weighted by molar-refractivity contribution is 6.33. The summed E-state index contributed by atoms with van der Waals surface area (Å²) in [5.74, 6) is 0.574. The fourth-order valence-corrected chi connectivity index (χ4v) is 1.77. The average Bonchev–Trinajstić information content (AvgIpc) is 2.75. The molecule has 0 N–H and O–H groups in total. The molecule has 2 aromatic rings. The minimum absolute atomic E-state index is 0.106. The molecule has 0 saturated heterocycles. The van der Waals surface area contributed by atoms with Crippen LogP contribution in [0.1, 0.15) is 29.8 Å². The number of ketones is 1. The van der Waals surface area contributed by atoms with E-state index in [0.29, 0.717) is 11.1 Å². The number of halogens is 1. The minimum atomic E-state index is -0.162. The zero-order chi connectivity index (χ0) is 13.1. The Labute approximate surface area is 110 Å². The van der Waals surface area contributed by atoms with E-state index in [1.165, 1.54) is 6.26 Å².